The van der Waals surface area contributed by atoms with Crippen LogP contribution in [0, 0.1) is 0 Å². The molecule has 2 saturated heterocycles. The molecule has 1 aromatic carbocycles. The van der Waals surface area contributed by atoms with Crippen molar-refractivity contribution in [3.8, 4) is 11.3 Å². The molecular weight excluding hydrogens is 380 g/mol. The number of benzene rings is 1. The molecule has 0 aliphatic carbocycles. The molecule has 3 heterocycles. The zero-order valence-corrected chi connectivity index (χ0v) is 16.4. The first kappa shape index (κ1) is 19.3. The van der Waals surface area contributed by atoms with Crippen LogP contribution in [0.3, 0.4) is 0 Å². The summed E-state index contributed by atoms with van der Waals surface area (Å²) < 4.78 is 35.4. The molecule has 8 nitrogen and oxygen atoms in total. The van der Waals surface area contributed by atoms with E-state index in [4.69, 9.17) is 4.74 Å². The molecule has 150 valence electrons. The van der Waals surface area contributed by atoms with Crippen LogP contribution >= 0.6 is 0 Å². The normalized spacial score (nSPS) is 20.3. The van der Waals surface area contributed by atoms with E-state index in [0.717, 1.165) is 11.3 Å². The van der Waals surface area contributed by atoms with Crippen LogP contribution in [0.2, 0.25) is 0 Å². The Hall–Kier alpha value is -2.07. The van der Waals surface area contributed by atoms with Gasteiger partial charge in [0.1, 0.15) is 0 Å². The largest absolute Gasteiger partial charge is 0.379 e. The van der Waals surface area contributed by atoms with Gasteiger partial charge in [0.2, 0.25) is 0 Å². The quantitative estimate of drug-likeness (QED) is 0.763. The molecule has 2 aliphatic rings. The van der Waals surface area contributed by atoms with Gasteiger partial charge in [-0.05, 0) is 18.9 Å². The predicted molar refractivity (Wildman–Crippen MR) is 105 cm³/mol. The van der Waals surface area contributed by atoms with E-state index < -0.39 is 10.2 Å². The third kappa shape index (κ3) is 3.88. The van der Waals surface area contributed by atoms with Gasteiger partial charge in [-0.15, -0.1) is 0 Å². The molecule has 9 heteroatoms. The molecule has 0 saturated carbocycles. The summed E-state index contributed by atoms with van der Waals surface area (Å²) in [5.74, 6) is 0. The molecule has 0 spiro atoms. The van der Waals surface area contributed by atoms with Crippen LogP contribution in [0.4, 0.5) is 0 Å². The monoisotopic (exact) mass is 404 g/mol. The maximum atomic E-state index is 12.8. The fraction of sp³-hybridized carbons (Fsp3) is 0.474. The number of aromatic nitrogens is 2. The molecule has 4 rings (SSSR count). The van der Waals surface area contributed by atoms with E-state index in [9.17, 15) is 13.2 Å². The standard InChI is InChI=1S/C19H24N4O4S/c24-19-7-6-18(16-4-2-1-3-5-16)20-23(19)17-8-10-21(11-9-17)28(25,26)22-12-14-27-15-13-22/h1-7,17H,8-15H2. The summed E-state index contributed by atoms with van der Waals surface area (Å²) in [7, 11) is -3.47. The molecule has 2 aliphatic heterocycles. The maximum absolute atomic E-state index is 12.8. The Balaban J connectivity index is 1.49. The van der Waals surface area contributed by atoms with Crippen molar-refractivity contribution in [2.45, 2.75) is 18.9 Å². The SMILES string of the molecule is O=c1ccc(-c2ccccc2)nn1C1CCN(S(=O)(=O)N2CCOCC2)CC1. The van der Waals surface area contributed by atoms with Crippen molar-refractivity contribution in [3.63, 3.8) is 0 Å². The fourth-order valence-electron chi connectivity index (χ4n) is 3.71. The molecule has 0 unspecified atom stereocenters. The van der Waals surface area contributed by atoms with Crippen LogP contribution in [-0.4, -0.2) is 66.2 Å². The van der Waals surface area contributed by atoms with Gasteiger partial charge in [0.05, 0.1) is 24.9 Å². The van der Waals surface area contributed by atoms with Crippen LogP contribution in [-0.2, 0) is 14.9 Å². The van der Waals surface area contributed by atoms with E-state index in [0.29, 0.717) is 52.2 Å². The van der Waals surface area contributed by atoms with Gasteiger partial charge in [-0.3, -0.25) is 4.79 Å². The Bertz CT molecular complexity index is 963. The van der Waals surface area contributed by atoms with Crippen molar-refractivity contribution in [3.05, 3.63) is 52.8 Å². The number of ether oxygens (including phenoxy) is 1. The molecule has 0 bridgehead atoms. The van der Waals surface area contributed by atoms with Crippen molar-refractivity contribution in [2.24, 2.45) is 0 Å². The minimum absolute atomic E-state index is 0.104. The highest BCUT2D eigenvalue weighted by molar-refractivity contribution is 7.86. The molecule has 0 N–H and O–H groups in total. The van der Waals surface area contributed by atoms with Crippen LogP contribution in [0.15, 0.2) is 47.3 Å². The molecule has 1 aromatic heterocycles. The van der Waals surface area contributed by atoms with Gasteiger partial charge in [-0.2, -0.15) is 22.1 Å². The Kier molecular flexibility index (Phi) is 5.58. The average molecular weight is 404 g/mol. The average Bonchev–Trinajstić information content (AvgIpc) is 2.75. The zero-order chi connectivity index (χ0) is 19.6. The highest BCUT2D eigenvalue weighted by atomic mass is 32.2. The smallest absolute Gasteiger partial charge is 0.282 e. The number of piperidine rings is 1. The molecule has 28 heavy (non-hydrogen) atoms. The second-order valence-electron chi connectivity index (χ2n) is 7.02. The van der Waals surface area contributed by atoms with Crippen molar-refractivity contribution in [2.75, 3.05) is 39.4 Å². The van der Waals surface area contributed by atoms with E-state index in [2.05, 4.69) is 5.10 Å². The second kappa shape index (κ2) is 8.12. The first-order chi connectivity index (χ1) is 13.6. The number of hydrogen-bond acceptors (Lipinski definition) is 5. The van der Waals surface area contributed by atoms with Crippen molar-refractivity contribution < 1.29 is 13.2 Å². The summed E-state index contributed by atoms with van der Waals surface area (Å²) in [6.45, 7) is 2.41. The second-order valence-corrected chi connectivity index (χ2v) is 8.95. The van der Waals surface area contributed by atoms with Crippen LogP contribution in [0.25, 0.3) is 11.3 Å². The summed E-state index contributed by atoms with van der Waals surface area (Å²) >= 11 is 0. The Morgan fingerprint density at radius 2 is 1.54 bits per heavy atom. The first-order valence-corrected chi connectivity index (χ1v) is 10.9. The summed E-state index contributed by atoms with van der Waals surface area (Å²) in [5.41, 5.74) is 1.53. The van der Waals surface area contributed by atoms with E-state index in [1.807, 2.05) is 30.3 Å². The van der Waals surface area contributed by atoms with Gasteiger partial charge in [0, 0.05) is 37.8 Å². The third-order valence-electron chi connectivity index (χ3n) is 5.29. The summed E-state index contributed by atoms with van der Waals surface area (Å²) in [5, 5.41) is 4.55. The fourth-order valence-corrected chi connectivity index (χ4v) is 5.32. The van der Waals surface area contributed by atoms with Gasteiger partial charge in [0.15, 0.2) is 0 Å². The maximum Gasteiger partial charge on any atom is 0.282 e. The lowest BCUT2D eigenvalue weighted by atomic mass is 10.1. The summed E-state index contributed by atoms with van der Waals surface area (Å²) in [4.78, 5) is 12.4. The van der Waals surface area contributed by atoms with E-state index in [1.54, 1.807) is 6.07 Å². The number of hydrogen-bond donors (Lipinski definition) is 0. The molecule has 2 fully saturated rings. The van der Waals surface area contributed by atoms with Crippen LogP contribution < -0.4 is 5.56 Å². The predicted octanol–water partition coefficient (Wildman–Crippen LogP) is 1.12. The minimum Gasteiger partial charge on any atom is -0.379 e. The van der Waals surface area contributed by atoms with E-state index >= 15 is 0 Å². The lowest BCUT2D eigenvalue weighted by Gasteiger charge is -2.36. The number of nitrogens with zero attached hydrogens (tertiary/aromatic N) is 4. The molecular formula is C19H24N4O4S. The van der Waals surface area contributed by atoms with Gasteiger partial charge >= 0.3 is 0 Å². The summed E-state index contributed by atoms with van der Waals surface area (Å²) in [6, 6.07) is 12.9. The lowest BCUT2D eigenvalue weighted by Crippen LogP contribution is -2.51. The highest BCUT2D eigenvalue weighted by Gasteiger charge is 2.34. The van der Waals surface area contributed by atoms with Crippen LogP contribution in [0.5, 0.6) is 0 Å². The number of rotatable bonds is 4. The lowest BCUT2D eigenvalue weighted by molar-refractivity contribution is 0.0693. The topological polar surface area (TPSA) is 84.7 Å². The van der Waals surface area contributed by atoms with Crippen molar-refractivity contribution >= 4 is 10.2 Å². The van der Waals surface area contributed by atoms with Crippen LogP contribution in [0.1, 0.15) is 18.9 Å². The first-order valence-electron chi connectivity index (χ1n) is 9.54. The Morgan fingerprint density at radius 3 is 2.21 bits per heavy atom. The van der Waals surface area contributed by atoms with Crippen molar-refractivity contribution in [1.82, 2.24) is 18.4 Å². The Labute approximate surface area is 164 Å². The van der Waals surface area contributed by atoms with E-state index in [1.165, 1.54) is 19.4 Å². The van der Waals surface area contributed by atoms with Crippen molar-refractivity contribution in [1.29, 1.82) is 0 Å². The number of morpholine rings is 1. The Morgan fingerprint density at radius 1 is 0.893 bits per heavy atom. The van der Waals surface area contributed by atoms with Gasteiger partial charge in [0.25, 0.3) is 15.8 Å². The minimum atomic E-state index is -3.47. The summed E-state index contributed by atoms with van der Waals surface area (Å²) in [6.07, 6.45) is 1.13. The van der Waals surface area contributed by atoms with Gasteiger partial charge in [-0.25, -0.2) is 4.68 Å². The third-order valence-corrected chi connectivity index (χ3v) is 7.32. The molecule has 0 amide bonds. The van der Waals surface area contributed by atoms with E-state index in [-0.39, 0.29) is 11.6 Å². The molecule has 0 atom stereocenters. The molecule has 0 radical (unpaired) electrons. The van der Waals surface area contributed by atoms with Gasteiger partial charge < -0.3 is 4.74 Å². The highest BCUT2D eigenvalue weighted by Crippen LogP contribution is 2.25. The van der Waals surface area contributed by atoms with Gasteiger partial charge in [-0.1, -0.05) is 30.3 Å². The zero-order valence-electron chi connectivity index (χ0n) is 15.6. The molecule has 2 aromatic rings.